The minimum atomic E-state index is -0.966. The van der Waals surface area contributed by atoms with Crippen molar-refractivity contribution in [3.05, 3.63) is 0 Å². The number of hydrogen-bond acceptors (Lipinski definition) is 6. The molecule has 1 saturated carbocycles. The van der Waals surface area contributed by atoms with Crippen LogP contribution in [0, 0.1) is 5.92 Å². The van der Waals surface area contributed by atoms with Gasteiger partial charge >= 0.3 is 0 Å². The Morgan fingerprint density at radius 2 is 2.19 bits per heavy atom. The molecule has 16 heavy (non-hydrogen) atoms. The molecule has 4 N–H and O–H groups in total. The first-order chi connectivity index (χ1) is 7.67. The van der Waals surface area contributed by atoms with Crippen molar-refractivity contribution in [2.75, 3.05) is 13.2 Å². The van der Waals surface area contributed by atoms with Crippen LogP contribution in [-0.2, 0) is 4.74 Å². The van der Waals surface area contributed by atoms with Gasteiger partial charge in [-0.15, -0.1) is 0 Å². The second kappa shape index (κ2) is 4.57. The van der Waals surface area contributed by atoms with Crippen LogP contribution in [0.3, 0.4) is 0 Å². The third-order valence-electron chi connectivity index (χ3n) is 3.19. The lowest BCUT2D eigenvalue weighted by Crippen LogP contribution is -2.52. The Hall–Kier alpha value is -0.850. The molecule has 0 radical (unpaired) electrons. The molecular weight excluding hydrogens is 212 g/mol. The second-order valence-corrected chi connectivity index (χ2v) is 4.27. The molecule has 2 aliphatic rings. The van der Waals surface area contributed by atoms with Gasteiger partial charge in [-0.25, -0.2) is 4.99 Å². The quantitative estimate of drug-likeness (QED) is 0.461. The van der Waals surface area contributed by atoms with E-state index in [4.69, 9.17) is 9.84 Å². The molecule has 1 aliphatic carbocycles. The minimum absolute atomic E-state index is 0.151. The molecule has 0 aromatic carbocycles. The van der Waals surface area contributed by atoms with Crippen LogP contribution in [-0.4, -0.2) is 58.8 Å². The summed E-state index contributed by atoms with van der Waals surface area (Å²) >= 11 is 0. The Morgan fingerprint density at radius 3 is 2.81 bits per heavy atom. The van der Waals surface area contributed by atoms with E-state index in [1.165, 1.54) is 0 Å². The van der Waals surface area contributed by atoms with Crippen LogP contribution in [0.4, 0.5) is 0 Å². The summed E-state index contributed by atoms with van der Waals surface area (Å²) in [5.41, 5.74) is 0. The standard InChI is InChI=1S/C10H18N2O4/c1-2-11-10-12-7-6(16-10)3-5(4-13)8(14)9(7)15/h5-9,13-15H,2-4H2,1H3,(H,11,12)/t5-,6-,7-,8-,9-/m1/s1. The van der Waals surface area contributed by atoms with Crippen LogP contribution in [0.25, 0.3) is 0 Å². The first-order valence-electron chi connectivity index (χ1n) is 5.62. The monoisotopic (exact) mass is 230 g/mol. The average molecular weight is 230 g/mol. The number of rotatable bonds is 2. The van der Waals surface area contributed by atoms with Crippen molar-refractivity contribution >= 4 is 6.02 Å². The third-order valence-corrected chi connectivity index (χ3v) is 3.19. The molecule has 6 nitrogen and oxygen atoms in total. The van der Waals surface area contributed by atoms with Gasteiger partial charge in [0.25, 0.3) is 6.02 Å². The highest BCUT2D eigenvalue weighted by atomic mass is 16.5. The molecule has 1 heterocycles. The van der Waals surface area contributed by atoms with Crippen molar-refractivity contribution in [2.24, 2.45) is 10.9 Å². The van der Waals surface area contributed by atoms with Gasteiger partial charge in [0.15, 0.2) is 0 Å². The van der Waals surface area contributed by atoms with Gasteiger partial charge in [-0.3, -0.25) is 0 Å². The van der Waals surface area contributed by atoms with Crippen LogP contribution in [0.15, 0.2) is 4.99 Å². The summed E-state index contributed by atoms with van der Waals surface area (Å²) in [7, 11) is 0. The van der Waals surface area contributed by atoms with E-state index in [2.05, 4.69) is 10.3 Å². The van der Waals surface area contributed by atoms with E-state index in [1.54, 1.807) is 0 Å². The lowest BCUT2D eigenvalue weighted by Gasteiger charge is -2.36. The zero-order valence-corrected chi connectivity index (χ0v) is 9.21. The number of hydrogen-bond donors (Lipinski definition) is 4. The number of fused-ring (bicyclic) bond motifs is 1. The molecule has 2 rings (SSSR count). The van der Waals surface area contributed by atoms with Gasteiger partial charge in [-0.1, -0.05) is 0 Å². The van der Waals surface area contributed by atoms with E-state index in [9.17, 15) is 10.2 Å². The zero-order valence-electron chi connectivity index (χ0n) is 9.21. The molecule has 0 bridgehead atoms. The van der Waals surface area contributed by atoms with Gasteiger partial charge in [0.2, 0.25) is 0 Å². The van der Waals surface area contributed by atoms with Crippen LogP contribution in [0.1, 0.15) is 13.3 Å². The highest BCUT2D eigenvalue weighted by Crippen LogP contribution is 2.32. The summed E-state index contributed by atoms with van der Waals surface area (Å²) in [6.07, 6.45) is -1.63. The number of aliphatic hydroxyl groups is 3. The number of nitrogens with one attached hydrogen (secondary N) is 1. The summed E-state index contributed by atoms with van der Waals surface area (Å²) in [5, 5.41) is 31.6. The molecule has 1 aliphatic heterocycles. The Kier molecular flexibility index (Phi) is 3.32. The van der Waals surface area contributed by atoms with Gasteiger partial charge in [-0.2, -0.15) is 0 Å². The van der Waals surface area contributed by atoms with Gasteiger partial charge < -0.3 is 25.4 Å². The first-order valence-corrected chi connectivity index (χ1v) is 5.62. The van der Waals surface area contributed by atoms with Crippen molar-refractivity contribution < 1.29 is 20.1 Å². The summed E-state index contributed by atoms with van der Waals surface area (Å²) in [5.74, 6) is -0.340. The third kappa shape index (κ3) is 1.88. The number of nitrogens with zero attached hydrogens (tertiary/aromatic N) is 1. The zero-order chi connectivity index (χ0) is 11.7. The fourth-order valence-corrected chi connectivity index (χ4v) is 2.29. The van der Waals surface area contributed by atoms with Crippen molar-refractivity contribution in [2.45, 2.75) is 37.7 Å². The van der Waals surface area contributed by atoms with E-state index in [1.807, 2.05) is 6.92 Å². The van der Waals surface area contributed by atoms with Crippen molar-refractivity contribution in [1.29, 1.82) is 0 Å². The number of ether oxygens (including phenoxy) is 1. The second-order valence-electron chi connectivity index (χ2n) is 4.27. The van der Waals surface area contributed by atoms with Crippen LogP contribution >= 0.6 is 0 Å². The number of amidine groups is 1. The largest absolute Gasteiger partial charge is 0.460 e. The fourth-order valence-electron chi connectivity index (χ4n) is 2.29. The van der Waals surface area contributed by atoms with Crippen LogP contribution in [0.5, 0.6) is 0 Å². The van der Waals surface area contributed by atoms with Crippen molar-refractivity contribution in [3.63, 3.8) is 0 Å². The summed E-state index contributed by atoms with van der Waals surface area (Å²) in [4.78, 5) is 4.19. The van der Waals surface area contributed by atoms with Crippen molar-refractivity contribution in [1.82, 2.24) is 5.32 Å². The SMILES string of the molecule is CCNC1=N[C@H]2[C@@H](O)[C@H](O)[C@@H](CO)C[C@H]2O1. The maximum atomic E-state index is 9.86. The van der Waals surface area contributed by atoms with Crippen LogP contribution in [0.2, 0.25) is 0 Å². The van der Waals surface area contributed by atoms with Gasteiger partial charge in [-0.05, 0) is 13.3 Å². The summed E-state index contributed by atoms with van der Waals surface area (Å²) in [6.45, 7) is 2.47. The molecule has 92 valence electrons. The lowest BCUT2D eigenvalue weighted by atomic mass is 9.80. The Labute approximate surface area is 94.0 Å². The molecule has 0 saturated heterocycles. The fraction of sp³-hybridized carbons (Fsp3) is 0.900. The van der Waals surface area contributed by atoms with Gasteiger partial charge in [0.05, 0.1) is 6.10 Å². The van der Waals surface area contributed by atoms with E-state index in [0.717, 1.165) is 0 Å². The molecule has 0 aromatic rings. The predicted molar refractivity (Wildman–Crippen MR) is 57.0 cm³/mol. The van der Waals surface area contributed by atoms with Crippen molar-refractivity contribution in [3.8, 4) is 0 Å². The smallest absolute Gasteiger partial charge is 0.285 e. The van der Waals surface area contributed by atoms with Gasteiger partial charge in [0, 0.05) is 19.1 Å². The summed E-state index contributed by atoms with van der Waals surface area (Å²) in [6, 6.07) is -0.00538. The van der Waals surface area contributed by atoms with E-state index in [0.29, 0.717) is 19.0 Å². The van der Waals surface area contributed by atoms with Gasteiger partial charge in [0.1, 0.15) is 18.2 Å². The number of aliphatic hydroxyl groups excluding tert-OH is 3. The molecule has 0 unspecified atom stereocenters. The first kappa shape index (κ1) is 11.6. The van der Waals surface area contributed by atoms with Crippen LogP contribution < -0.4 is 5.32 Å². The Bertz CT molecular complexity index is 284. The molecule has 0 spiro atoms. The maximum Gasteiger partial charge on any atom is 0.285 e. The molecule has 6 heteroatoms. The Morgan fingerprint density at radius 1 is 1.44 bits per heavy atom. The summed E-state index contributed by atoms with van der Waals surface area (Å²) < 4.78 is 5.51. The normalized spacial score (nSPS) is 42.2. The highest BCUT2D eigenvalue weighted by Gasteiger charge is 2.47. The molecule has 0 aromatic heterocycles. The predicted octanol–water partition coefficient (Wildman–Crippen LogP) is -1.55. The maximum absolute atomic E-state index is 9.86. The molecule has 0 amide bonds. The molecular formula is C10H18N2O4. The van der Waals surface area contributed by atoms with E-state index >= 15 is 0 Å². The highest BCUT2D eigenvalue weighted by molar-refractivity contribution is 5.75. The number of aliphatic imine (C=N–C) groups is 1. The molecule has 1 fully saturated rings. The van der Waals surface area contributed by atoms with E-state index < -0.39 is 18.2 Å². The lowest BCUT2D eigenvalue weighted by molar-refractivity contribution is -0.0948. The topological polar surface area (TPSA) is 94.3 Å². The molecule has 5 atom stereocenters. The average Bonchev–Trinajstić information content (AvgIpc) is 2.67. The van der Waals surface area contributed by atoms with E-state index in [-0.39, 0.29) is 18.6 Å². The Balaban J connectivity index is 2.08. The minimum Gasteiger partial charge on any atom is -0.460 e.